The first-order valence-electron chi connectivity index (χ1n) is 5.49. The molecule has 4 nitrogen and oxygen atoms in total. The maximum atomic E-state index is 9.73. The van der Waals surface area contributed by atoms with Gasteiger partial charge < -0.3 is 20.3 Å². The standard InChI is InChI=1S/C10H17NO3/c11-6-5-7(12)9-8(6)13-10(14-9)3-1-2-4-10/h6-9,12H,1-5,11H2/t6-,7+,8+,9-/m1/s1. The van der Waals surface area contributed by atoms with E-state index in [1.54, 1.807) is 0 Å². The lowest BCUT2D eigenvalue weighted by Gasteiger charge is -2.24. The number of aliphatic hydroxyl groups excluding tert-OH is 1. The molecule has 1 spiro atoms. The third-order valence-corrected chi connectivity index (χ3v) is 3.71. The Balaban J connectivity index is 1.80. The minimum atomic E-state index is -0.435. The van der Waals surface area contributed by atoms with E-state index in [-0.39, 0.29) is 18.2 Å². The lowest BCUT2D eigenvalue weighted by molar-refractivity contribution is -0.184. The summed E-state index contributed by atoms with van der Waals surface area (Å²) in [5, 5.41) is 9.73. The van der Waals surface area contributed by atoms with Gasteiger partial charge in [0.15, 0.2) is 5.79 Å². The van der Waals surface area contributed by atoms with Crippen molar-refractivity contribution in [2.24, 2.45) is 5.73 Å². The van der Waals surface area contributed by atoms with Crippen molar-refractivity contribution in [3.63, 3.8) is 0 Å². The summed E-state index contributed by atoms with van der Waals surface area (Å²) in [7, 11) is 0. The molecule has 3 fully saturated rings. The molecule has 3 rings (SSSR count). The third-order valence-electron chi connectivity index (χ3n) is 3.71. The van der Waals surface area contributed by atoms with Gasteiger partial charge in [-0.15, -0.1) is 0 Å². The normalized spacial score (nSPS) is 50.1. The van der Waals surface area contributed by atoms with E-state index < -0.39 is 11.9 Å². The second-order valence-electron chi connectivity index (χ2n) is 4.75. The van der Waals surface area contributed by atoms with Crippen LogP contribution in [0.3, 0.4) is 0 Å². The van der Waals surface area contributed by atoms with Crippen molar-refractivity contribution in [1.82, 2.24) is 0 Å². The number of ether oxygens (including phenoxy) is 2. The molecule has 0 radical (unpaired) electrons. The fourth-order valence-corrected chi connectivity index (χ4v) is 2.98. The quantitative estimate of drug-likeness (QED) is 0.582. The molecule has 0 aromatic carbocycles. The van der Waals surface area contributed by atoms with E-state index in [9.17, 15) is 5.11 Å². The molecule has 2 aliphatic carbocycles. The fraction of sp³-hybridized carbons (Fsp3) is 1.00. The molecule has 3 aliphatic rings. The molecule has 4 heteroatoms. The number of hydrogen-bond acceptors (Lipinski definition) is 4. The zero-order valence-corrected chi connectivity index (χ0v) is 8.19. The molecule has 2 saturated carbocycles. The van der Waals surface area contributed by atoms with Gasteiger partial charge in [0.2, 0.25) is 0 Å². The van der Waals surface area contributed by atoms with Crippen molar-refractivity contribution in [3.8, 4) is 0 Å². The number of fused-ring (bicyclic) bond motifs is 1. The molecule has 80 valence electrons. The van der Waals surface area contributed by atoms with Crippen molar-refractivity contribution >= 4 is 0 Å². The Hall–Kier alpha value is -0.160. The van der Waals surface area contributed by atoms with Crippen molar-refractivity contribution < 1.29 is 14.6 Å². The Kier molecular flexibility index (Phi) is 1.89. The minimum absolute atomic E-state index is 0.0602. The molecule has 1 saturated heterocycles. The van der Waals surface area contributed by atoms with Gasteiger partial charge in [-0.05, 0) is 19.3 Å². The largest absolute Gasteiger partial charge is 0.390 e. The second kappa shape index (κ2) is 2.92. The Morgan fingerprint density at radius 1 is 1.14 bits per heavy atom. The van der Waals surface area contributed by atoms with Crippen LogP contribution >= 0.6 is 0 Å². The van der Waals surface area contributed by atoms with Gasteiger partial charge in [0.25, 0.3) is 0 Å². The predicted octanol–water partition coefficient (Wildman–Crippen LogP) is 0.133. The van der Waals surface area contributed by atoms with Crippen LogP contribution in [0.4, 0.5) is 0 Å². The van der Waals surface area contributed by atoms with Crippen LogP contribution in [-0.4, -0.2) is 35.2 Å². The summed E-state index contributed by atoms with van der Waals surface area (Å²) in [4.78, 5) is 0. The lowest BCUT2D eigenvalue weighted by atomic mass is 10.2. The van der Waals surface area contributed by atoms with E-state index in [4.69, 9.17) is 15.2 Å². The van der Waals surface area contributed by atoms with E-state index in [1.165, 1.54) is 0 Å². The summed E-state index contributed by atoms with van der Waals surface area (Å²) in [6, 6.07) is -0.0602. The number of rotatable bonds is 0. The number of hydrogen-bond donors (Lipinski definition) is 2. The molecule has 0 unspecified atom stereocenters. The highest BCUT2D eigenvalue weighted by Crippen LogP contribution is 2.46. The Morgan fingerprint density at radius 2 is 1.79 bits per heavy atom. The summed E-state index contributed by atoms with van der Waals surface area (Å²) >= 11 is 0. The molecule has 0 amide bonds. The fourth-order valence-electron chi connectivity index (χ4n) is 2.98. The molecule has 1 heterocycles. The van der Waals surface area contributed by atoms with Crippen LogP contribution in [0.2, 0.25) is 0 Å². The summed E-state index contributed by atoms with van der Waals surface area (Å²) in [6.07, 6.45) is 4.14. The molecule has 3 N–H and O–H groups in total. The summed E-state index contributed by atoms with van der Waals surface area (Å²) in [5.74, 6) is -0.394. The predicted molar refractivity (Wildman–Crippen MR) is 49.5 cm³/mol. The summed E-state index contributed by atoms with van der Waals surface area (Å²) < 4.78 is 11.8. The Bertz CT molecular complexity index is 222. The highest BCUT2D eigenvalue weighted by atomic mass is 16.8. The Morgan fingerprint density at radius 3 is 2.43 bits per heavy atom. The van der Waals surface area contributed by atoms with Crippen LogP contribution < -0.4 is 5.73 Å². The van der Waals surface area contributed by atoms with Crippen LogP contribution in [0.5, 0.6) is 0 Å². The number of nitrogens with two attached hydrogens (primary N) is 1. The van der Waals surface area contributed by atoms with Crippen molar-refractivity contribution in [1.29, 1.82) is 0 Å². The van der Waals surface area contributed by atoms with Crippen molar-refractivity contribution in [2.75, 3.05) is 0 Å². The second-order valence-corrected chi connectivity index (χ2v) is 4.75. The van der Waals surface area contributed by atoms with Gasteiger partial charge in [0.05, 0.1) is 6.10 Å². The molecular weight excluding hydrogens is 182 g/mol. The lowest BCUT2D eigenvalue weighted by Crippen LogP contribution is -2.35. The van der Waals surface area contributed by atoms with Gasteiger partial charge >= 0.3 is 0 Å². The van der Waals surface area contributed by atoms with Gasteiger partial charge in [-0.25, -0.2) is 0 Å². The molecule has 4 atom stereocenters. The van der Waals surface area contributed by atoms with Gasteiger partial charge in [-0.2, -0.15) is 0 Å². The highest BCUT2D eigenvalue weighted by Gasteiger charge is 2.56. The minimum Gasteiger partial charge on any atom is -0.390 e. The molecule has 0 aromatic heterocycles. The van der Waals surface area contributed by atoms with Crippen molar-refractivity contribution in [3.05, 3.63) is 0 Å². The van der Waals surface area contributed by atoms with Crippen LogP contribution in [0, 0.1) is 0 Å². The summed E-state index contributed by atoms with van der Waals surface area (Å²) in [5.41, 5.74) is 5.90. The van der Waals surface area contributed by atoms with E-state index in [2.05, 4.69) is 0 Å². The van der Waals surface area contributed by atoms with E-state index >= 15 is 0 Å². The molecule has 0 aromatic rings. The first-order chi connectivity index (χ1) is 6.70. The molecule has 1 aliphatic heterocycles. The van der Waals surface area contributed by atoms with Crippen LogP contribution in [0.15, 0.2) is 0 Å². The first kappa shape index (κ1) is 9.09. The molecule has 14 heavy (non-hydrogen) atoms. The van der Waals surface area contributed by atoms with Crippen LogP contribution in [0.25, 0.3) is 0 Å². The topological polar surface area (TPSA) is 64.7 Å². The van der Waals surface area contributed by atoms with E-state index in [1.807, 2.05) is 0 Å². The highest BCUT2D eigenvalue weighted by molar-refractivity contribution is 5.02. The monoisotopic (exact) mass is 199 g/mol. The summed E-state index contributed by atoms with van der Waals surface area (Å²) in [6.45, 7) is 0. The molecule has 0 bridgehead atoms. The average Bonchev–Trinajstić information content (AvgIpc) is 2.79. The zero-order chi connectivity index (χ0) is 9.76. The average molecular weight is 199 g/mol. The first-order valence-corrected chi connectivity index (χ1v) is 5.49. The van der Waals surface area contributed by atoms with Gasteiger partial charge in [-0.3, -0.25) is 0 Å². The molecular formula is C10H17NO3. The van der Waals surface area contributed by atoms with Gasteiger partial charge in [0, 0.05) is 18.9 Å². The third kappa shape index (κ3) is 1.15. The maximum Gasteiger partial charge on any atom is 0.169 e. The SMILES string of the molecule is N[C@@H]1C[C@H](O)[C@H]2OC3(CCCC3)O[C@H]21. The Labute approximate surface area is 83.4 Å². The number of aliphatic hydroxyl groups is 1. The van der Waals surface area contributed by atoms with E-state index in [0.717, 1.165) is 25.7 Å². The van der Waals surface area contributed by atoms with Crippen molar-refractivity contribution in [2.45, 2.75) is 62.2 Å². The van der Waals surface area contributed by atoms with E-state index in [0.29, 0.717) is 6.42 Å². The van der Waals surface area contributed by atoms with Crippen LogP contribution in [-0.2, 0) is 9.47 Å². The maximum absolute atomic E-state index is 9.73. The van der Waals surface area contributed by atoms with Gasteiger partial charge in [-0.1, -0.05) is 0 Å². The van der Waals surface area contributed by atoms with Crippen LogP contribution in [0.1, 0.15) is 32.1 Å². The van der Waals surface area contributed by atoms with Gasteiger partial charge in [0.1, 0.15) is 12.2 Å². The zero-order valence-electron chi connectivity index (χ0n) is 8.19. The smallest absolute Gasteiger partial charge is 0.169 e.